The van der Waals surface area contributed by atoms with E-state index < -0.39 is 6.73 Å². The Morgan fingerprint density at radius 2 is 0.930 bits per heavy atom. The summed E-state index contributed by atoms with van der Waals surface area (Å²) in [5.41, 5.74) is 1.15. The fourth-order valence-electron chi connectivity index (χ4n) is 6.69. The highest BCUT2D eigenvalue weighted by Crippen LogP contribution is 2.30. The first kappa shape index (κ1) is 39.9. The summed E-state index contributed by atoms with van der Waals surface area (Å²) in [5.74, 6) is -0.751. The molecule has 0 aromatic carbocycles. The van der Waals surface area contributed by atoms with Gasteiger partial charge in [0.2, 0.25) is 11.8 Å². The molecular formula is C39H73NO3. The number of hydrogen-bond donors (Lipinski definition) is 1. The second-order valence-corrected chi connectivity index (χ2v) is 13.6. The van der Waals surface area contributed by atoms with Gasteiger partial charge in [-0.1, -0.05) is 192 Å². The summed E-state index contributed by atoms with van der Waals surface area (Å²) in [6.45, 7) is 4.07. The Bertz CT molecular complexity index is 688. The molecule has 0 aromatic rings. The van der Waals surface area contributed by atoms with Gasteiger partial charge in [-0.3, -0.25) is 14.5 Å². The van der Waals surface area contributed by atoms with E-state index in [9.17, 15) is 14.7 Å². The Kier molecular flexibility index (Phi) is 27.4. The van der Waals surface area contributed by atoms with E-state index in [0.717, 1.165) is 29.7 Å². The molecule has 1 saturated heterocycles. The first-order valence-electron chi connectivity index (χ1n) is 19.3. The van der Waals surface area contributed by atoms with Crippen LogP contribution in [0.2, 0.25) is 0 Å². The Balaban J connectivity index is 2.17. The molecule has 0 aliphatic carbocycles. The number of aliphatic hydroxyl groups excluding tert-OH is 1. The minimum Gasteiger partial charge on any atom is -0.376 e. The Morgan fingerprint density at radius 3 is 1.28 bits per heavy atom. The molecule has 1 rings (SSSR count). The summed E-state index contributed by atoms with van der Waals surface area (Å²) >= 11 is 0. The van der Waals surface area contributed by atoms with E-state index in [-0.39, 0.29) is 24.2 Å². The molecule has 4 heteroatoms. The van der Waals surface area contributed by atoms with Crippen LogP contribution < -0.4 is 0 Å². The molecule has 0 radical (unpaired) electrons. The normalized spacial score (nSPS) is 15.7. The van der Waals surface area contributed by atoms with Gasteiger partial charge in [-0.15, -0.1) is 0 Å². The van der Waals surface area contributed by atoms with Gasteiger partial charge < -0.3 is 5.11 Å². The van der Waals surface area contributed by atoms with Crippen LogP contribution in [0.5, 0.6) is 0 Å². The average Bonchev–Trinajstić information content (AvgIpc) is 3.30. The standard InChI is InChI=1S/C39H73NO3/c1-3-5-7-9-11-13-15-17-18-19-20-21-23-25-27-29-31-33-36(37-34-38(42)40(35-41)39(37)43)32-30-28-26-24-22-16-14-12-10-8-6-4-2/h33,37,41H,3-32,34-35H2,1-2H3. The molecule has 0 saturated carbocycles. The van der Waals surface area contributed by atoms with Crippen molar-refractivity contribution in [3.63, 3.8) is 0 Å². The van der Waals surface area contributed by atoms with Crippen molar-refractivity contribution in [3.8, 4) is 0 Å². The van der Waals surface area contributed by atoms with Crippen molar-refractivity contribution in [2.45, 2.75) is 213 Å². The van der Waals surface area contributed by atoms with Gasteiger partial charge in [0.05, 0.1) is 5.92 Å². The number of carbonyl (C=O) groups is 2. The van der Waals surface area contributed by atoms with Crippen molar-refractivity contribution in [2.75, 3.05) is 6.73 Å². The van der Waals surface area contributed by atoms with Crippen LogP contribution in [0, 0.1) is 5.92 Å². The van der Waals surface area contributed by atoms with Crippen molar-refractivity contribution in [1.29, 1.82) is 0 Å². The summed E-state index contributed by atoms with van der Waals surface area (Å²) < 4.78 is 0. The highest BCUT2D eigenvalue weighted by atomic mass is 16.3. The topological polar surface area (TPSA) is 57.6 Å². The zero-order valence-corrected chi connectivity index (χ0v) is 29.0. The smallest absolute Gasteiger partial charge is 0.238 e. The van der Waals surface area contributed by atoms with Crippen LogP contribution in [0.1, 0.15) is 213 Å². The predicted octanol–water partition coefficient (Wildman–Crippen LogP) is 12.0. The number of unbranched alkanes of at least 4 members (excludes halogenated alkanes) is 27. The lowest BCUT2D eigenvalue weighted by molar-refractivity contribution is -0.143. The van der Waals surface area contributed by atoms with E-state index in [1.165, 1.54) is 173 Å². The lowest BCUT2D eigenvalue weighted by atomic mass is 9.91. The number of nitrogens with zero attached hydrogens (tertiary/aromatic N) is 1. The van der Waals surface area contributed by atoms with Crippen LogP contribution in [0.15, 0.2) is 11.6 Å². The van der Waals surface area contributed by atoms with Gasteiger partial charge in [0.15, 0.2) is 0 Å². The minimum atomic E-state index is -0.487. The van der Waals surface area contributed by atoms with E-state index >= 15 is 0 Å². The van der Waals surface area contributed by atoms with Crippen LogP contribution in [-0.4, -0.2) is 28.6 Å². The molecule has 1 fully saturated rings. The molecule has 0 bridgehead atoms. The van der Waals surface area contributed by atoms with E-state index in [1.54, 1.807) is 0 Å². The number of likely N-dealkylation sites (tertiary alicyclic amines) is 1. The van der Waals surface area contributed by atoms with Crippen LogP contribution in [0.25, 0.3) is 0 Å². The molecule has 0 aromatic heterocycles. The van der Waals surface area contributed by atoms with Gasteiger partial charge in [-0.25, -0.2) is 0 Å². The largest absolute Gasteiger partial charge is 0.376 e. The Morgan fingerprint density at radius 1 is 0.581 bits per heavy atom. The predicted molar refractivity (Wildman–Crippen MR) is 185 cm³/mol. The molecule has 43 heavy (non-hydrogen) atoms. The van der Waals surface area contributed by atoms with Gasteiger partial charge in [0, 0.05) is 6.42 Å². The van der Waals surface area contributed by atoms with Gasteiger partial charge in [0.25, 0.3) is 0 Å². The number of aliphatic hydroxyl groups is 1. The molecule has 1 atom stereocenters. The van der Waals surface area contributed by atoms with Crippen molar-refractivity contribution < 1.29 is 14.7 Å². The number of amides is 2. The number of hydrogen-bond acceptors (Lipinski definition) is 3. The molecule has 0 spiro atoms. The minimum absolute atomic E-state index is 0.190. The van der Waals surface area contributed by atoms with Crippen molar-refractivity contribution in [3.05, 3.63) is 11.6 Å². The monoisotopic (exact) mass is 604 g/mol. The van der Waals surface area contributed by atoms with E-state index in [1.807, 2.05) is 0 Å². The summed E-state index contributed by atoms with van der Waals surface area (Å²) in [5, 5.41) is 9.49. The first-order valence-corrected chi connectivity index (χ1v) is 19.3. The highest BCUT2D eigenvalue weighted by Gasteiger charge is 2.39. The third kappa shape index (κ3) is 21.3. The first-order chi connectivity index (χ1) is 21.2. The molecule has 1 unspecified atom stereocenters. The third-order valence-electron chi connectivity index (χ3n) is 9.62. The van der Waals surface area contributed by atoms with Gasteiger partial charge in [-0.05, 0) is 25.7 Å². The zero-order valence-electron chi connectivity index (χ0n) is 29.0. The molecule has 1 aliphatic rings. The average molecular weight is 604 g/mol. The number of carbonyl (C=O) groups excluding carboxylic acids is 2. The quantitative estimate of drug-likeness (QED) is 0.0472. The lowest BCUT2D eigenvalue weighted by Crippen LogP contribution is -2.31. The van der Waals surface area contributed by atoms with E-state index in [2.05, 4.69) is 19.9 Å². The SMILES string of the molecule is CCCCCCCCCCCCCCCCCCC=C(CCCCCCCCCCCCCC)C1CC(=O)N(CO)C1=O. The van der Waals surface area contributed by atoms with Crippen molar-refractivity contribution in [2.24, 2.45) is 5.92 Å². The molecule has 2 amide bonds. The van der Waals surface area contributed by atoms with E-state index in [4.69, 9.17) is 0 Å². The van der Waals surface area contributed by atoms with Crippen LogP contribution >= 0.6 is 0 Å². The van der Waals surface area contributed by atoms with Crippen molar-refractivity contribution in [1.82, 2.24) is 4.90 Å². The number of allylic oxidation sites excluding steroid dienone is 1. The molecule has 252 valence electrons. The maximum Gasteiger partial charge on any atom is 0.238 e. The molecule has 1 N–H and O–H groups in total. The summed E-state index contributed by atoms with van der Waals surface area (Å²) in [6.07, 6.45) is 42.3. The third-order valence-corrected chi connectivity index (χ3v) is 9.62. The van der Waals surface area contributed by atoms with Crippen molar-refractivity contribution >= 4 is 11.8 Å². The molecule has 4 nitrogen and oxygen atoms in total. The highest BCUT2D eigenvalue weighted by molar-refractivity contribution is 6.04. The number of imide groups is 1. The van der Waals surface area contributed by atoms with Gasteiger partial charge in [-0.2, -0.15) is 0 Å². The maximum atomic E-state index is 12.8. The van der Waals surface area contributed by atoms with Gasteiger partial charge in [0.1, 0.15) is 6.73 Å². The van der Waals surface area contributed by atoms with Crippen LogP contribution in [0.3, 0.4) is 0 Å². The Labute approximate surface area is 268 Å². The molecule has 1 aliphatic heterocycles. The fraction of sp³-hybridized carbons (Fsp3) is 0.897. The number of rotatable bonds is 32. The zero-order chi connectivity index (χ0) is 31.2. The summed E-state index contributed by atoms with van der Waals surface area (Å²) in [7, 11) is 0. The van der Waals surface area contributed by atoms with Crippen LogP contribution in [0.4, 0.5) is 0 Å². The van der Waals surface area contributed by atoms with E-state index in [0.29, 0.717) is 0 Å². The lowest BCUT2D eigenvalue weighted by Gasteiger charge is -2.15. The second-order valence-electron chi connectivity index (χ2n) is 13.6. The maximum absolute atomic E-state index is 12.8. The summed E-state index contributed by atoms with van der Waals surface area (Å²) in [4.78, 5) is 26.1. The van der Waals surface area contributed by atoms with Crippen LogP contribution in [-0.2, 0) is 9.59 Å². The Hall–Kier alpha value is -1.16. The van der Waals surface area contributed by atoms with Gasteiger partial charge >= 0.3 is 0 Å². The molecule has 1 heterocycles. The fourth-order valence-corrected chi connectivity index (χ4v) is 6.69. The second kappa shape index (κ2) is 29.5. The summed E-state index contributed by atoms with van der Waals surface area (Å²) in [6, 6.07) is 0. The molecular weight excluding hydrogens is 530 g/mol.